The number of halogens is 2. The molecule has 2 rings (SSSR count). The molecule has 1 aromatic heterocycles. The van der Waals surface area contributed by atoms with Crippen LogP contribution in [-0.2, 0) is 0 Å². The minimum atomic E-state index is 0.295. The van der Waals surface area contributed by atoms with Gasteiger partial charge in [0.2, 0.25) is 0 Å². The van der Waals surface area contributed by atoms with Gasteiger partial charge in [-0.05, 0) is 58.6 Å². The Labute approximate surface area is 117 Å². The molecule has 0 bridgehead atoms. The molecule has 0 aliphatic rings. The van der Waals surface area contributed by atoms with Crippen molar-refractivity contribution in [3.8, 4) is 0 Å². The van der Waals surface area contributed by atoms with Crippen LogP contribution >= 0.6 is 43.2 Å². The van der Waals surface area contributed by atoms with Gasteiger partial charge >= 0.3 is 0 Å². The third-order valence-corrected chi connectivity index (χ3v) is 5.74. The Balaban J connectivity index is 2.41. The molecule has 0 saturated carbocycles. The molecule has 16 heavy (non-hydrogen) atoms. The van der Waals surface area contributed by atoms with E-state index in [2.05, 4.69) is 76.0 Å². The molecule has 1 atom stereocenters. The summed E-state index contributed by atoms with van der Waals surface area (Å²) in [4.78, 5) is 1.63. The van der Waals surface area contributed by atoms with Crippen molar-refractivity contribution in [3.05, 3.63) is 55.7 Å². The monoisotopic (exact) mass is 358 g/mol. The quantitative estimate of drug-likeness (QED) is 0.611. The number of hydrogen-bond acceptors (Lipinski definition) is 1. The highest BCUT2D eigenvalue weighted by atomic mass is 79.9. The second-order valence-corrected chi connectivity index (χ2v) is 7.20. The van der Waals surface area contributed by atoms with Crippen molar-refractivity contribution in [1.82, 2.24) is 0 Å². The fraction of sp³-hybridized carbons (Fsp3) is 0.231. The second-order valence-electron chi connectivity index (χ2n) is 3.79. The molecule has 0 radical (unpaired) electrons. The lowest BCUT2D eigenvalue weighted by Crippen LogP contribution is -1.95. The van der Waals surface area contributed by atoms with E-state index in [0.717, 1.165) is 0 Å². The summed E-state index contributed by atoms with van der Waals surface area (Å²) >= 11 is 9.06. The lowest BCUT2D eigenvalue weighted by molar-refractivity contribution is 1.15. The molecule has 2 aromatic rings. The standard InChI is InChI=1S/C13H12Br2S/c1-8-4-3-5-10(9(8)2)13(15)11-6-7-12(14)16-11/h3-7,13H,1-2H3. The van der Waals surface area contributed by atoms with Crippen molar-refractivity contribution in [2.45, 2.75) is 18.7 Å². The van der Waals surface area contributed by atoms with Crippen molar-refractivity contribution >= 4 is 43.2 Å². The summed E-state index contributed by atoms with van der Waals surface area (Å²) in [5, 5.41) is 0. The molecule has 0 nitrogen and oxygen atoms in total. The van der Waals surface area contributed by atoms with Crippen LogP contribution in [0, 0.1) is 13.8 Å². The highest BCUT2D eigenvalue weighted by Crippen LogP contribution is 2.38. The van der Waals surface area contributed by atoms with Crippen molar-refractivity contribution < 1.29 is 0 Å². The van der Waals surface area contributed by atoms with E-state index in [9.17, 15) is 0 Å². The predicted octanol–water partition coefficient (Wildman–Crippen LogP) is 5.61. The topological polar surface area (TPSA) is 0 Å². The lowest BCUT2D eigenvalue weighted by Gasteiger charge is -2.13. The third-order valence-electron chi connectivity index (χ3n) is 2.76. The van der Waals surface area contributed by atoms with Crippen LogP contribution in [0.4, 0.5) is 0 Å². The molecule has 1 unspecified atom stereocenters. The van der Waals surface area contributed by atoms with Crippen molar-refractivity contribution in [2.75, 3.05) is 0 Å². The van der Waals surface area contributed by atoms with Gasteiger partial charge in [-0.2, -0.15) is 0 Å². The zero-order valence-corrected chi connectivity index (χ0v) is 13.1. The molecule has 0 saturated heterocycles. The van der Waals surface area contributed by atoms with E-state index in [1.165, 1.54) is 25.4 Å². The summed E-state index contributed by atoms with van der Waals surface area (Å²) in [6.07, 6.45) is 0. The molecule has 0 aliphatic carbocycles. The summed E-state index contributed by atoms with van der Waals surface area (Å²) in [6.45, 7) is 4.34. The molecule has 1 heterocycles. The molecular formula is C13H12Br2S. The van der Waals surface area contributed by atoms with E-state index in [1.54, 1.807) is 11.3 Å². The van der Waals surface area contributed by atoms with Gasteiger partial charge in [-0.3, -0.25) is 0 Å². The Hall–Kier alpha value is -0.120. The van der Waals surface area contributed by atoms with Crippen LogP contribution in [0.25, 0.3) is 0 Å². The van der Waals surface area contributed by atoms with Crippen LogP contribution in [0.2, 0.25) is 0 Å². The first-order chi connectivity index (χ1) is 7.59. The first kappa shape index (κ1) is 12.3. The van der Waals surface area contributed by atoms with E-state index < -0.39 is 0 Å². The summed E-state index contributed by atoms with van der Waals surface area (Å²) in [7, 11) is 0. The van der Waals surface area contributed by atoms with Gasteiger partial charge in [-0.25, -0.2) is 0 Å². The fourth-order valence-corrected chi connectivity index (χ4v) is 4.02. The first-order valence-corrected chi connectivity index (χ1v) is 7.57. The van der Waals surface area contributed by atoms with Crippen LogP contribution in [0.5, 0.6) is 0 Å². The van der Waals surface area contributed by atoms with Gasteiger partial charge in [-0.15, -0.1) is 11.3 Å². The number of rotatable bonds is 2. The maximum atomic E-state index is 3.78. The minimum absolute atomic E-state index is 0.295. The molecule has 1 aromatic carbocycles. The van der Waals surface area contributed by atoms with Gasteiger partial charge in [0.25, 0.3) is 0 Å². The van der Waals surface area contributed by atoms with Gasteiger partial charge in [0.05, 0.1) is 8.61 Å². The SMILES string of the molecule is Cc1cccc(C(Br)c2ccc(Br)s2)c1C. The Morgan fingerprint density at radius 3 is 2.50 bits per heavy atom. The highest BCUT2D eigenvalue weighted by molar-refractivity contribution is 9.11. The zero-order valence-electron chi connectivity index (χ0n) is 9.13. The summed E-state index contributed by atoms with van der Waals surface area (Å²) in [5.74, 6) is 0. The molecule has 0 fully saturated rings. The zero-order chi connectivity index (χ0) is 11.7. The molecule has 84 valence electrons. The highest BCUT2D eigenvalue weighted by Gasteiger charge is 2.15. The predicted molar refractivity (Wildman–Crippen MR) is 78.7 cm³/mol. The van der Waals surface area contributed by atoms with Crippen LogP contribution in [-0.4, -0.2) is 0 Å². The van der Waals surface area contributed by atoms with Gasteiger partial charge in [0.15, 0.2) is 0 Å². The summed E-state index contributed by atoms with van der Waals surface area (Å²) in [5.41, 5.74) is 4.07. The van der Waals surface area contributed by atoms with Gasteiger partial charge in [0.1, 0.15) is 0 Å². The molecule has 0 amide bonds. The largest absolute Gasteiger partial charge is 0.132 e. The molecular weight excluding hydrogens is 348 g/mol. The molecule has 0 aliphatic heterocycles. The van der Waals surface area contributed by atoms with E-state index >= 15 is 0 Å². The third kappa shape index (κ3) is 2.41. The van der Waals surface area contributed by atoms with Crippen LogP contribution in [0.1, 0.15) is 26.4 Å². The number of aryl methyl sites for hydroxylation is 1. The van der Waals surface area contributed by atoms with Crippen molar-refractivity contribution in [3.63, 3.8) is 0 Å². The van der Waals surface area contributed by atoms with Gasteiger partial charge in [-0.1, -0.05) is 34.1 Å². The average molecular weight is 360 g/mol. The van der Waals surface area contributed by atoms with E-state index in [0.29, 0.717) is 4.83 Å². The Kier molecular flexibility index (Phi) is 3.88. The van der Waals surface area contributed by atoms with Crippen LogP contribution < -0.4 is 0 Å². The summed E-state index contributed by atoms with van der Waals surface area (Å²) in [6, 6.07) is 10.7. The van der Waals surface area contributed by atoms with Gasteiger partial charge in [0, 0.05) is 4.88 Å². The Morgan fingerprint density at radius 1 is 1.12 bits per heavy atom. The Morgan fingerprint density at radius 2 is 1.88 bits per heavy atom. The maximum Gasteiger partial charge on any atom is 0.0741 e. The van der Waals surface area contributed by atoms with Crippen molar-refractivity contribution in [2.24, 2.45) is 0 Å². The lowest BCUT2D eigenvalue weighted by atomic mass is 10.0. The molecule has 0 N–H and O–H groups in total. The Bertz CT molecular complexity index is 502. The fourth-order valence-electron chi connectivity index (χ4n) is 1.67. The first-order valence-electron chi connectivity index (χ1n) is 5.05. The summed E-state index contributed by atoms with van der Waals surface area (Å²) < 4.78 is 1.18. The minimum Gasteiger partial charge on any atom is -0.132 e. The van der Waals surface area contributed by atoms with Gasteiger partial charge < -0.3 is 0 Å². The van der Waals surface area contributed by atoms with Crippen molar-refractivity contribution in [1.29, 1.82) is 0 Å². The number of alkyl halides is 1. The maximum absolute atomic E-state index is 3.78. The van der Waals surface area contributed by atoms with Crippen LogP contribution in [0.3, 0.4) is 0 Å². The molecule has 0 spiro atoms. The number of thiophene rings is 1. The van der Waals surface area contributed by atoms with E-state index in [4.69, 9.17) is 0 Å². The van der Waals surface area contributed by atoms with E-state index in [-0.39, 0.29) is 0 Å². The second kappa shape index (κ2) is 5.03. The molecule has 3 heteroatoms. The van der Waals surface area contributed by atoms with Crippen LogP contribution in [0.15, 0.2) is 34.1 Å². The smallest absolute Gasteiger partial charge is 0.0741 e. The van der Waals surface area contributed by atoms with E-state index in [1.807, 2.05) is 0 Å². The normalized spacial score (nSPS) is 12.8. The number of benzene rings is 1. The average Bonchev–Trinajstić information content (AvgIpc) is 2.68. The number of hydrogen-bond donors (Lipinski definition) is 0.